The van der Waals surface area contributed by atoms with Crippen LogP contribution in [0.5, 0.6) is 0 Å². The van der Waals surface area contributed by atoms with Gasteiger partial charge in [0.25, 0.3) is 0 Å². The standard InChI is InChI=1S/C14H20F2O7S/c1-22-13-4-9-2-11(6-13,5-12(18,3-9)7-13)10(17)23-8-14(15,16)24(19,20)21/h9,18H,2-8H2,1H3,(H,19,20,21). The van der Waals surface area contributed by atoms with E-state index in [-0.39, 0.29) is 18.8 Å². The third-order valence-electron chi connectivity index (χ3n) is 5.60. The average Bonchev–Trinajstić information content (AvgIpc) is 2.41. The Morgan fingerprint density at radius 1 is 1.25 bits per heavy atom. The highest BCUT2D eigenvalue weighted by Gasteiger charge is 2.66. The summed E-state index contributed by atoms with van der Waals surface area (Å²) in [5.41, 5.74) is -2.97. The molecule has 4 aliphatic rings. The summed E-state index contributed by atoms with van der Waals surface area (Å²) in [5, 5.41) is 6.13. The monoisotopic (exact) mass is 370 g/mol. The Kier molecular flexibility index (Phi) is 3.81. The fourth-order valence-corrected chi connectivity index (χ4v) is 5.34. The first-order valence-corrected chi connectivity index (χ1v) is 9.08. The number of carbonyl (C=O) groups excluding carboxylic acids is 1. The average molecular weight is 370 g/mol. The maximum Gasteiger partial charge on any atom is 0.402 e. The van der Waals surface area contributed by atoms with Crippen LogP contribution in [0.25, 0.3) is 0 Å². The van der Waals surface area contributed by atoms with Crippen molar-refractivity contribution in [2.24, 2.45) is 11.3 Å². The van der Waals surface area contributed by atoms with Gasteiger partial charge in [0.2, 0.25) is 0 Å². The zero-order valence-corrected chi connectivity index (χ0v) is 13.9. The molecule has 4 unspecified atom stereocenters. The van der Waals surface area contributed by atoms with Gasteiger partial charge < -0.3 is 14.6 Å². The summed E-state index contributed by atoms with van der Waals surface area (Å²) >= 11 is 0. The molecule has 0 amide bonds. The summed E-state index contributed by atoms with van der Waals surface area (Å²) in [4.78, 5) is 12.5. The molecule has 2 N–H and O–H groups in total. The molecule has 24 heavy (non-hydrogen) atoms. The van der Waals surface area contributed by atoms with E-state index in [1.807, 2.05) is 0 Å². The second-order valence-electron chi connectivity index (χ2n) is 7.59. The molecule has 138 valence electrons. The lowest BCUT2D eigenvalue weighted by atomic mass is 9.46. The van der Waals surface area contributed by atoms with E-state index in [4.69, 9.17) is 9.29 Å². The predicted molar refractivity (Wildman–Crippen MR) is 75.8 cm³/mol. The Hall–Kier alpha value is -0.840. The SMILES string of the molecule is COC12CC3CC(O)(C1)CC(C(=O)OCC(F)(F)S(=O)(=O)O)(C3)C2. The first-order chi connectivity index (χ1) is 10.8. The van der Waals surface area contributed by atoms with Crippen molar-refractivity contribution < 1.29 is 41.1 Å². The van der Waals surface area contributed by atoms with E-state index < -0.39 is 44.6 Å². The Labute approximate surface area is 138 Å². The van der Waals surface area contributed by atoms with Crippen molar-refractivity contribution in [3.8, 4) is 0 Å². The molecule has 4 rings (SSSR count). The van der Waals surface area contributed by atoms with Gasteiger partial charge in [-0.1, -0.05) is 0 Å². The van der Waals surface area contributed by atoms with Gasteiger partial charge >= 0.3 is 21.3 Å². The largest absolute Gasteiger partial charge is 0.458 e. The molecule has 0 aliphatic heterocycles. The molecule has 4 saturated carbocycles. The lowest BCUT2D eigenvalue weighted by Gasteiger charge is -2.63. The van der Waals surface area contributed by atoms with Gasteiger partial charge in [-0.2, -0.15) is 17.2 Å². The molecular weight excluding hydrogens is 350 g/mol. The maximum atomic E-state index is 13.3. The van der Waals surface area contributed by atoms with Crippen LogP contribution < -0.4 is 0 Å². The molecular formula is C14H20F2O7S. The molecule has 0 heterocycles. The summed E-state index contributed by atoms with van der Waals surface area (Å²) in [7, 11) is -4.18. The second-order valence-corrected chi connectivity index (χ2v) is 9.14. The van der Waals surface area contributed by atoms with Crippen molar-refractivity contribution in [1.82, 2.24) is 0 Å². The smallest absolute Gasteiger partial charge is 0.402 e. The molecule has 4 bridgehead atoms. The lowest BCUT2D eigenvalue weighted by molar-refractivity contribution is -0.246. The van der Waals surface area contributed by atoms with Crippen LogP contribution in [0.4, 0.5) is 8.78 Å². The normalized spacial score (nSPS) is 41.5. The van der Waals surface area contributed by atoms with Crippen LogP contribution in [0.2, 0.25) is 0 Å². The van der Waals surface area contributed by atoms with Gasteiger partial charge in [-0.05, 0) is 38.0 Å². The fraction of sp³-hybridized carbons (Fsp3) is 0.929. The molecule has 4 atom stereocenters. The summed E-state index contributed by atoms with van der Waals surface area (Å²) in [6.45, 7) is -1.75. The van der Waals surface area contributed by atoms with E-state index in [1.165, 1.54) is 7.11 Å². The number of methoxy groups -OCH3 is 1. The van der Waals surface area contributed by atoms with E-state index in [0.717, 1.165) is 0 Å². The highest BCUT2D eigenvalue weighted by Crippen LogP contribution is 2.64. The number of aliphatic hydroxyl groups is 1. The molecule has 7 nitrogen and oxygen atoms in total. The zero-order chi connectivity index (χ0) is 18.0. The fourth-order valence-electron chi connectivity index (χ4n) is 5.13. The zero-order valence-electron chi connectivity index (χ0n) is 13.1. The van der Waals surface area contributed by atoms with Crippen LogP contribution in [0.3, 0.4) is 0 Å². The molecule has 0 aromatic carbocycles. The van der Waals surface area contributed by atoms with Crippen molar-refractivity contribution in [3.63, 3.8) is 0 Å². The first-order valence-electron chi connectivity index (χ1n) is 7.64. The lowest BCUT2D eigenvalue weighted by Crippen LogP contribution is -2.65. The quantitative estimate of drug-likeness (QED) is 0.551. The highest BCUT2D eigenvalue weighted by atomic mass is 32.2. The van der Waals surface area contributed by atoms with E-state index in [0.29, 0.717) is 25.7 Å². The minimum atomic E-state index is -5.67. The van der Waals surface area contributed by atoms with Crippen LogP contribution in [-0.2, 0) is 24.4 Å². The van der Waals surface area contributed by atoms with Gasteiger partial charge in [-0.25, -0.2) is 0 Å². The van der Waals surface area contributed by atoms with Crippen molar-refractivity contribution in [2.45, 2.75) is 55.0 Å². The summed E-state index contributed by atoms with van der Waals surface area (Å²) < 4.78 is 66.4. The predicted octanol–water partition coefficient (Wildman–Crippen LogP) is 1.11. The van der Waals surface area contributed by atoms with Crippen LogP contribution in [-0.4, -0.2) is 54.2 Å². The number of halogens is 2. The van der Waals surface area contributed by atoms with Crippen LogP contribution >= 0.6 is 0 Å². The number of hydrogen-bond acceptors (Lipinski definition) is 6. The van der Waals surface area contributed by atoms with Crippen LogP contribution in [0.15, 0.2) is 0 Å². The van der Waals surface area contributed by atoms with E-state index in [9.17, 15) is 27.1 Å². The molecule has 4 aliphatic carbocycles. The maximum absolute atomic E-state index is 13.3. The van der Waals surface area contributed by atoms with Crippen molar-refractivity contribution >= 4 is 16.1 Å². The number of ether oxygens (including phenoxy) is 2. The van der Waals surface area contributed by atoms with Gasteiger partial charge in [0.05, 0.1) is 16.6 Å². The molecule has 4 fully saturated rings. The molecule has 0 aromatic rings. The number of esters is 1. The Morgan fingerprint density at radius 2 is 1.92 bits per heavy atom. The summed E-state index contributed by atoms with van der Waals surface area (Å²) in [6.07, 6.45) is 2.29. The first kappa shape index (κ1) is 18.0. The minimum absolute atomic E-state index is 0.0147. The molecule has 0 saturated heterocycles. The topological polar surface area (TPSA) is 110 Å². The number of carbonyl (C=O) groups is 1. The Balaban J connectivity index is 1.80. The third kappa shape index (κ3) is 2.73. The third-order valence-corrected chi connectivity index (χ3v) is 6.48. The molecule has 0 aromatic heterocycles. The highest BCUT2D eigenvalue weighted by molar-refractivity contribution is 7.86. The van der Waals surface area contributed by atoms with E-state index in [2.05, 4.69) is 4.74 Å². The van der Waals surface area contributed by atoms with Crippen LogP contribution in [0, 0.1) is 11.3 Å². The van der Waals surface area contributed by atoms with Crippen molar-refractivity contribution in [3.05, 3.63) is 0 Å². The van der Waals surface area contributed by atoms with Crippen molar-refractivity contribution in [2.75, 3.05) is 13.7 Å². The number of rotatable bonds is 5. The van der Waals surface area contributed by atoms with E-state index >= 15 is 0 Å². The minimum Gasteiger partial charge on any atom is -0.458 e. The molecule has 0 spiro atoms. The van der Waals surface area contributed by atoms with Gasteiger partial charge in [0.1, 0.15) is 0 Å². The summed E-state index contributed by atoms with van der Waals surface area (Å²) in [6, 6.07) is 0. The molecule has 0 radical (unpaired) electrons. The van der Waals surface area contributed by atoms with E-state index in [1.54, 1.807) is 0 Å². The summed E-state index contributed by atoms with van der Waals surface area (Å²) in [5.74, 6) is -0.962. The van der Waals surface area contributed by atoms with Crippen LogP contribution in [0.1, 0.15) is 38.5 Å². The van der Waals surface area contributed by atoms with Gasteiger partial charge in [0, 0.05) is 13.5 Å². The Bertz CT molecular complexity index is 666. The number of hydrogen-bond donors (Lipinski definition) is 2. The molecule has 10 heteroatoms. The van der Waals surface area contributed by atoms with Gasteiger partial charge in [-0.15, -0.1) is 0 Å². The van der Waals surface area contributed by atoms with Gasteiger partial charge in [0.15, 0.2) is 6.61 Å². The second kappa shape index (κ2) is 5.09. The number of alkyl halides is 2. The van der Waals surface area contributed by atoms with Crippen molar-refractivity contribution in [1.29, 1.82) is 0 Å². The van der Waals surface area contributed by atoms with Gasteiger partial charge in [-0.3, -0.25) is 9.35 Å². The Morgan fingerprint density at radius 3 is 2.46 bits per heavy atom.